The molecule has 1 aromatic rings. The van der Waals surface area contributed by atoms with E-state index < -0.39 is 17.4 Å². The standard InChI is InChI=1S/C20H24O4/c1-13-9-15(14-7-5-4-6-8-14)10-16-11-20(12-17(13)16,18(21)23-2)19(22)24-3/h7,9-10H,4-6,8,11-12H2,1-3H3. The lowest BCUT2D eigenvalue weighted by atomic mass is 9.84. The number of ether oxygens (including phenoxy) is 2. The van der Waals surface area contributed by atoms with Gasteiger partial charge in [-0.15, -0.1) is 0 Å². The summed E-state index contributed by atoms with van der Waals surface area (Å²) in [7, 11) is 2.64. The molecule has 4 nitrogen and oxygen atoms in total. The summed E-state index contributed by atoms with van der Waals surface area (Å²) >= 11 is 0. The van der Waals surface area contributed by atoms with Crippen LogP contribution in [0, 0.1) is 12.3 Å². The zero-order chi connectivity index (χ0) is 17.3. The number of benzene rings is 1. The summed E-state index contributed by atoms with van der Waals surface area (Å²) in [5.74, 6) is -1.02. The van der Waals surface area contributed by atoms with E-state index in [1.807, 2.05) is 0 Å². The fourth-order valence-electron chi connectivity index (χ4n) is 4.04. The number of carbonyl (C=O) groups excluding carboxylic acids is 2. The van der Waals surface area contributed by atoms with E-state index in [1.165, 1.54) is 38.2 Å². The third kappa shape index (κ3) is 2.64. The highest BCUT2D eigenvalue weighted by molar-refractivity contribution is 6.01. The van der Waals surface area contributed by atoms with Crippen LogP contribution in [0.25, 0.3) is 5.57 Å². The van der Waals surface area contributed by atoms with Crippen molar-refractivity contribution in [2.45, 2.75) is 45.4 Å². The maximum absolute atomic E-state index is 12.4. The lowest BCUT2D eigenvalue weighted by Gasteiger charge is -2.22. The number of aryl methyl sites for hydroxylation is 1. The predicted molar refractivity (Wildman–Crippen MR) is 91.5 cm³/mol. The van der Waals surface area contributed by atoms with Gasteiger partial charge < -0.3 is 9.47 Å². The Morgan fingerprint density at radius 2 is 1.75 bits per heavy atom. The summed E-state index contributed by atoms with van der Waals surface area (Å²) < 4.78 is 9.85. The topological polar surface area (TPSA) is 52.6 Å². The molecule has 4 heteroatoms. The Morgan fingerprint density at radius 3 is 2.33 bits per heavy atom. The van der Waals surface area contributed by atoms with Crippen LogP contribution in [-0.4, -0.2) is 26.2 Å². The fraction of sp³-hybridized carbons (Fsp3) is 0.500. The quantitative estimate of drug-likeness (QED) is 0.630. The molecule has 0 fully saturated rings. The minimum absolute atomic E-state index is 0.351. The van der Waals surface area contributed by atoms with Gasteiger partial charge in [0.1, 0.15) is 0 Å². The molecule has 1 aromatic carbocycles. The first kappa shape index (κ1) is 16.7. The molecular weight excluding hydrogens is 304 g/mol. The van der Waals surface area contributed by atoms with Gasteiger partial charge in [-0.1, -0.05) is 18.2 Å². The number of rotatable bonds is 3. The van der Waals surface area contributed by atoms with Gasteiger partial charge in [-0.2, -0.15) is 0 Å². The summed E-state index contributed by atoms with van der Waals surface area (Å²) in [5.41, 5.74) is 4.62. The molecule has 0 N–H and O–H groups in total. The van der Waals surface area contributed by atoms with Crippen molar-refractivity contribution in [3.63, 3.8) is 0 Å². The van der Waals surface area contributed by atoms with Crippen LogP contribution in [0.5, 0.6) is 0 Å². The smallest absolute Gasteiger partial charge is 0.323 e. The first-order valence-corrected chi connectivity index (χ1v) is 8.50. The van der Waals surface area contributed by atoms with E-state index in [-0.39, 0.29) is 0 Å². The Labute approximate surface area is 142 Å². The normalized spacial score (nSPS) is 18.5. The zero-order valence-electron chi connectivity index (χ0n) is 14.6. The molecule has 0 aliphatic heterocycles. The second-order valence-electron chi connectivity index (χ2n) is 6.82. The van der Waals surface area contributed by atoms with E-state index in [0.717, 1.165) is 29.5 Å². The van der Waals surface area contributed by atoms with Gasteiger partial charge in [0.15, 0.2) is 5.41 Å². The molecule has 0 amide bonds. The maximum Gasteiger partial charge on any atom is 0.323 e. The molecule has 24 heavy (non-hydrogen) atoms. The van der Waals surface area contributed by atoms with Gasteiger partial charge in [-0.25, -0.2) is 0 Å². The van der Waals surface area contributed by atoms with Gasteiger partial charge in [-0.05, 0) is 66.9 Å². The molecule has 0 atom stereocenters. The number of methoxy groups -OCH3 is 2. The molecule has 0 heterocycles. The Balaban J connectivity index is 2.02. The van der Waals surface area contributed by atoms with Gasteiger partial charge in [-0.3, -0.25) is 9.59 Å². The number of carbonyl (C=O) groups is 2. The highest BCUT2D eigenvalue weighted by Crippen LogP contribution is 2.42. The van der Waals surface area contributed by atoms with Crippen molar-refractivity contribution < 1.29 is 19.1 Å². The largest absolute Gasteiger partial charge is 0.468 e. The first-order chi connectivity index (χ1) is 11.5. The van der Waals surface area contributed by atoms with E-state index in [0.29, 0.717) is 12.8 Å². The molecule has 0 bridgehead atoms. The second kappa shape index (κ2) is 6.42. The van der Waals surface area contributed by atoms with Gasteiger partial charge in [0.25, 0.3) is 0 Å². The number of esters is 2. The van der Waals surface area contributed by atoms with Crippen molar-refractivity contribution in [1.29, 1.82) is 0 Å². The van der Waals surface area contributed by atoms with E-state index in [9.17, 15) is 9.59 Å². The Morgan fingerprint density at radius 1 is 1.04 bits per heavy atom. The van der Waals surface area contributed by atoms with E-state index in [4.69, 9.17) is 9.47 Å². The summed E-state index contributed by atoms with van der Waals surface area (Å²) in [6.07, 6.45) is 7.71. The van der Waals surface area contributed by atoms with Crippen molar-refractivity contribution in [1.82, 2.24) is 0 Å². The van der Waals surface area contributed by atoms with Crippen molar-refractivity contribution >= 4 is 17.5 Å². The van der Waals surface area contributed by atoms with Gasteiger partial charge >= 0.3 is 11.9 Å². The Bertz CT molecular complexity index is 699. The Kier molecular flexibility index (Phi) is 4.48. The third-order valence-corrected chi connectivity index (χ3v) is 5.35. The third-order valence-electron chi connectivity index (χ3n) is 5.35. The molecule has 0 spiro atoms. The van der Waals surface area contributed by atoms with Crippen LogP contribution in [0.3, 0.4) is 0 Å². The highest BCUT2D eigenvalue weighted by Gasteiger charge is 2.53. The van der Waals surface area contributed by atoms with Gasteiger partial charge in [0.05, 0.1) is 14.2 Å². The molecule has 0 radical (unpaired) electrons. The summed E-state index contributed by atoms with van der Waals surface area (Å²) in [6.45, 7) is 2.05. The van der Waals surface area contributed by atoms with Crippen LogP contribution in [0.1, 0.15) is 47.9 Å². The van der Waals surface area contributed by atoms with Crippen molar-refractivity contribution in [3.05, 3.63) is 40.5 Å². The van der Waals surface area contributed by atoms with Crippen LogP contribution in [0.15, 0.2) is 18.2 Å². The lowest BCUT2D eigenvalue weighted by molar-refractivity contribution is -0.168. The zero-order valence-corrected chi connectivity index (χ0v) is 14.6. The molecule has 0 unspecified atom stereocenters. The maximum atomic E-state index is 12.4. The highest BCUT2D eigenvalue weighted by atomic mass is 16.5. The summed E-state index contributed by atoms with van der Waals surface area (Å²) in [5, 5.41) is 0. The van der Waals surface area contributed by atoms with Crippen LogP contribution >= 0.6 is 0 Å². The van der Waals surface area contributed by atoms with Crippen LogP contribution in [-0.2, 0) is 31.9 Å². The van der Waals surface area contributed by atoms with Gasteiger partial charge in [0, 0.05) is 6.42 Å². The predicted octanol–water partition coefficient (Wildman–Crippen LogP) is 3.38. The minimum Gasteiger partial charge on any atom is -0.468 e. The molecule has 2 aliphatic rings. The first-order valence-electron chi connectivity index (χ1n) is 8.50. The van der Waals surface area contributed by atoms with Crippen LogP contribution in [0.2, 0.25) is 0 Å². The van der Waals surface area contributed by atoms with E-state index >= 15 is 0 Å². The number of fused-ring (bicyclic) bond motifs is 1. The van der Waals surface area contributed by atoms with Crippen molar-refractivity contribution in [3.8, 4) is 0 Å². The monoisotopic (exact) mass is 328 g/mol. The van der Waals surface area contributed by atoms with E-state index in [2.05, 4.69) is 25.1 Å². The van der Waals surface area contributed by atoms with Crippen molar-refractivity contribution in [2.75, 3.05) is 14.2 Å². The molecule has 0 saturated heterocycles. The number of allylic oxidation sites excluding steroid dienone is 2. The molecule has 0 saturated carbocycles. The molecule has 2 aliphatic carbocycles. The fourth-order valence-corrected chi connectivity index (χ4v) is 4.04. The minimum atomic E-state index is -1.24. The second-order valence-corrected chi connectivity index (χ2v) is 6.82. The van der Waals surface area contributed by atoms with Crippen molar-refractivity contribution in [2.24, 2.45) is 5.41 Å². The molecular formula is C20H24O4. The average molecular weight is 328 g/mol. The van der Waals surface area contributed by atoms with Gasteiger partial charge in [0.2, 0.25) is 0 Å². The van der Waals surface area contributed by atoms with E-state index in [1.54, 1.807) is 0 Å². The summed E-state index contributed by atoms with van der Waals surface area (Å²) in [6, 6.07) is 4.33. The lowest BCUT2D eigenvalue weighted by Crippen LogP contribution is -2.42. The SMILES string of the molecule is COC(=O)C1(C(=O)OC)Cc2cc(C3=CCCCC3)cc(C)c2C1. The average Bonchev–Trinajstić information content (AvgIpc) is 3.02. The molecule has 128 valence electrons. The summed E-state index contributed by atoms with van der Waals surface area (Å²) in [4.78, 5) is 24.7. The number of hydrogen-bond acceptors (Lipinski definition) is 4. The molecule has 0 aromatic heterocycles. The molecule has 3 rings (SSSR count). The van der Waals surface area contributed by atoms with Crippen LogP contribution in [0.4, 0.5) is 0 Å². The van der Waals surface area contributed by atoms with Crippen LogP contribution < -0.4 is 0 Å². The number of hydrogen-bond donors (Lipinski definition) is 0. The Hall–Kier alpha value is -2.10.